The molecule has 4 rings (SSSR count). The molecule has 0 radical (unpaired) electrons. The predicted molar refractivity (Wildman–Crippen MR) is 298 cm³/mol. The van der Waals surface area contributed by atoms with Crippen molar-refractivity contribution >= 4 is 84.4 Å². The second-order valence-electron chi connectivity index (χ2n) is 21.0. The van der Waals surface area contributed by atoms with Crippen molar-refractivity contribution in [3.63, 3.8) is 0 Å². The number of aliphatic hydroxyl groups is 1. The van der Waals surface area contributed by atoms with Crippen molar-refractivity contribution in [2.75, 3.05) is 52.1 Å². The molecule has 11 atom stereocenters. The first-order valence-electron chi connectivity index (χ1n) is 25.7. The summed E-state index contributed by atoms with van der Waals surface area (Å²) in [5.41, 5.74) is 4.38. The molecule has 3 aliphatic rings. The number of nitrogens with zero attached hydrogens (tertiary/aromatic N) is 2. The molecule has 2 fully saturated rings. The average Bonchev–Trinajstić information content (AvgIpc) is 4.09. The summed E-state index contributed by atoms with van der Waals surface area (Å²) in [6, 6.07) is 1.65. The van der Waals surface area contributed by atoms with Crippen LogP contribution in [0.5, 0.6) is 5.75 Å². The normalized spacial score (nSPS) is 26.8. The molecule has 432 valence electrons. The van der Waals surface area contributed by atoms with Crippen molar-refractivity contribution in [3.05, 3.63) is 59.2 Å². The highest BCUT2D eigenvalue weighted by atomic mass is 35.5. The Hall–Kier alpha value is -4.04. The number of ketones is 2. The number of esters is 1. The zero-order chi connectivity index (χ0) is 57.8. The fourth-order valence-corrected chi connectivity index (χ4v) is 13.2. The fourth-order valence-electron chi connectivity index (χ4n) is 9.29. The largest absolute Gasteiger partial charge is 0.495 e. The second kappa shape index (κ2) is 28.4. The number of nitrogens with two attached hydrogens (primary N) is 1. The number of epoxide rings is 1. The molecule has 0 spiro atoms. The molecule has 2 saturated heterocycles. The minimum atomic E-state index is -4.79. The van der Waals surface area contributed by atoms with Crippen LogP contribution in [0.1, 0.15) is 105 Å². The summed E-state index contributed by atoms with van der Waals surface area (Å²) in [5.74, 6) is -3.32. The zero-order valence-corrected chi connectivity index (χ0v) is 49.3. The van der Waals surface area contributed by atoms with Gasteiger partial charge in [0, 0.05) is 56.4 Å². The number of carbonyl (C=O) groups excluding carboxylic acids is 6. The number of fused-ring (bicyclic) bond motifs is 5. The van der Waals surface area contributed by atoms with Crippen LogP contribution >= 0.6 is 33.2 Å². The van der Waals surface area contributed by atoms with Gasteiger partial charge in [-0.05, 0) is 91.0 Å². The Bertz CT molecular complexity index is 2480. The first-order valence-corrected chi connectivity index (χ1v) is 29.9. The molecule has 77 heavy (non-hydrogen) atoms. The number of carbonyl (C=O) groups is 6. The van der Waals surface area contributed by atoms with Gasteiger partial charge in [0.25, 0.3) is 10.1 Å². The highest BCUT2D eigenvalue weighted by Crippen LogP contribution is 2.49. The molecule has 3 amide bonds. The highest BCUT2D eigenvalue weighted by molar-refractivity contribution is 8.77. The quantitative estimate of drug-likeness (QED) is 0.0183. The first-order chi connectivity index (χ1) is 36.0. The molecule has 1 aromatic rings. The minimum Gasteiger partial charge on any atom is -0.495 e. The number of rotatable bonds is 25. The van der Waals surface area contributed by atoms with E-state index in [1.165, 1.54) is 65.7 Å². The van der Waals surface area contributed by atoms with E-state index in [1.54, 1.807) is 52.1 Å². The standard InChI is InChI=1S/C53H80ClN5O15S3/c1-13-32(3)47(63)36(18-14-15-23-55)56-30-38(60)41(77(67,68)69)21-24-75-76-51(6,7)22-20-44(61)58(9)34(5)49(64)73-43-28-45(62)59(10)37-26-35(27-39(70-11)46(37)54)25-31(2)17-16-19-42(71-12)53(66)29-40(72-50(65)57-53)33(4)48-52(43,8)74-48/h13,16-17,19,26-27,32-34,36,40-43,48,56,66H,1,14-15,18,20-25,28-30,55H2,2-12H3,(H,57,65)(H,67,68,69)/b19-16+,31-17+/t32?,33-,34+,36+,40+,41?,42-,43+,48+,52+,53+/m1/s1. The fraction of sp³-hybridized carbons (Fsp3) is 0.660. The van der Waals surface area contributed by atoms with Crippen LogP contribution in [-0.2, 0) is 59.5 Å². The summed E-state index contributed by atoms with van der Waals surface area (Å²) in [7, 11) is 3.72. The van der Waals surface area contributed by atoms with Gasteiger partial charge in [-0.15, -0.1) is 6.58 Å². The summed E-state index contributed by atoms with van der Waals surface area (Å²) >= 11 is 6.82. The maximum atomic E-state index is 14.4. The van der Waals surface area contributed by atoms with E-state index in [2.05, 4.69) is 17.2 Å². The molecule has 0 saturated carbocycles. The van der Waals surface area contributed by atoms with Gasteiger partial charge in [-0.3, -0.25) is 29.0 Å². The van der Waals surface area contributed by atoms with E-state index in [4.69, 9.17) is 41.0 Å². The van der Waals surface area contributed by atoms with Crippen LogP contribution in [0.4, 0.5) is 10.5 Å². The van der Waals surface area contributed by atoms with Crippen molar-refractivity contribution < 1.29 is 70.5 Å². The molecule has 6 N–H and O–H groups in total. The molecule has 24 heteroatoms. The summed E-state index contributed by atoms with van der Waals surface area (Å²) in [4.78, 5) is 84.1. The number of nitrogens with one attached hydrogen (secondary N) is 2. The summed E-state index contributed by atoms with van der Waals surface area (Å²) in [5, 5.41) is 15.7. The van der Waals surface area contributed by atoms with Gasteiger partial charge < -0.3 is 49.6 Å². The van der Waals surface area contributed by atoms with Gasteiger partial charge in [-0.2, -0.15) is 8.42 Å². The number of hydrogen-bond acceptors (Lipinski definition) is 18. The number of allylic oxidation sites excluding steroid dienone is 4. The lowest BCUT2D eigenvalue weighted by Gasteiger charge is -2.42. The van der Waals surface area contributed by atoms with Crippen LogP contribution in [0.2, 0.25) is 5.02 Å². The Morgan fingerprint density at radius 1 is 1.17 bits per heavy atom. The summed E-state index contributed by atoms with van der Waals surface area (Å²) in [6.07, 6.45) is 3.56. The van der Waals surface area contributed by atoms with Crippen LogP contribution in [0.15, 0.2) is 48.6 Å². The van der Waals surface area contributed by atoms with Crippen LogP contribution in [0, 0.1) is 11.8 Å². The number of unbranched alkanes of at least 4 members (excludes halogenated alkanes) is 1. The Balaban J connectivity index is 1.47. The maximum absolute atomic E-state index is 14.4. The number of Topliss-reactive ketones (excluding diaryl/α,β-unsaturated/α-hetero) is 2. The number of hydrogen-bond donors (Lipinski definition) is 5. The predicted octanol–water partition coefficient (Wildman–Crippen LogP) is 6.15. The van der Waals surface area contributed by atoms with E-state index in [1.807, 2.05) is 26.8 Å². The van der Waals surface area contributed by atoms with E-state index >= 15 is 0 Å². The number of benzene rings is 1. The van der Waals surface area contributed by atoms with Crippen LogP contribution in [0.3, 0.4) is 0 Å². The van der Waals surface area contributed by atoms with Crippen molar-refractivity contribution in [2.24, 2.45) is 17.6 Å². The lowest BCUT2D eigenvalue weighted by Crippen LogP contribution is -2.63. The van der Waals surface area contributed by atoms with Gasteiger partial charge in [0.2, 0.25) is 11.8 Å². The Kier molecular flexibility index (Phi) is 24.1. The smallest absolute Gasteiger partial charge is 0.409 e. The summed E-state index contributed by atoms with van der Waals surface area (Å²) in [6.45, 7) is 15.9. The summed E-state index contributed by atoms with van der Waals surface area (Å²) < 4.78 is 63.7. The van der Waals surface area contributed by atoms with Crippen molar-refractivity contribution in [2.45, 2.75) is 164 Å². The molecule has 4 bridgehead atoms. The van der Waals surface area contributed by atoms with Crippen LogP contribution in [-0.4, -0.2) is 163 Å². The van der Waals surface area contributed by atoms with Gasteiger partial charge in [-0.1, -0.05) is 83.3 Å². The Morgan fingerprint density at radius 2 is 1.86 bits per heavy atom. The zero-order valence-electron chi connectivity index (χ0n) is 46.1. The molecule has 3 aliphatic heterocycles. The second-order valence-corrected chi connectivity index (χ2v) is 26.1. The van der Waals surface area contributed by atoms with Gasteiger partial charge in [-0.25, -0.2) is 9.59 Å². The van der Waals surface area contributed by atoms with E-state index < -0.39 is 122 Å². The van der Waals surface area contributed by atoms with Gasteiger partial charge in [0.05, 0.1) is 37.9 Å². The van der Waals surface area contributed by atoms with Crippen molar-refractivity contribution in [1.29, 1.82) is 0 Å². The molecule has 2 unspecified atom stereocenters. The third-order valence-electron chi connectivity index (χ3n) is 14.5. The molecule has 0 aliphatic carbocycles. The molecule has 3 heterocycles. The van der Waals surface area contributed by atoms with Gasteiger partial charge in [0.1, 0.15) is 46.0 Å². The Labute approximate surface area is 466 Å². The Morgan fingerprint density at radius 3 is 2.48 bits per heavy atom. The van der Waals surface area contributed by atoms with Crippen LogP contribution in [0.25, 0.3) is 0 Å². The van der Waals surface area contributed by atoms with Gasteiger partial charge in [0.15, 0.2) is 17.3 Å². The van der Waals surface area contributed by atoms with Gasteiger partial charge >= 0.3 is 12.1 Å². The maximum Gasteiger partial charge on any atom is 0.409 e. The van der Waals surface area contributed by atoms with Crippen molar-refractivity contribution in [3.8, 4) is 5.75 Å². The lowest BCUT2D eigenvalue weighted by molar-refractivity contribution is -0.162. The SMILES string of the molecule is C=CC(C)C(=O)[C@H](CCCCN)NCC(=O)C(CCSSC(C)(C)CCC(=O)N(C)[C@@H](C)C(=O)O[C@H]1CC(=O)N(C)c2cc(cc(OC)c2Cl)C/C(C)=C/C=C/[C@@H](OC)[C@@]2(O)C[C@H](OC(=O)N2)[C@@H](C)[C@@H]2O[C@@]12C)S(=O)(=O)O. The molecule has 20 nitrogen and oxygen atoms in total. The average molecular weight is 1160 g/mol. The first kappa shape index (κ1) is 65.5. The monoisotopic (exact) mass is 1160 g/mol. The van der Waals surface area contributed by atoms with E-state index in [9.17, 15) is 46.8 Å². The lowest BCUT2D eigenvalue weighted by atomic mass is 9.83. The molecular weight excluding hydrogens is 1080 g/mol. The third kappa shape index (κ3) is 17.7. The number of halogens is 1. The van der Waals surface area contributed by atoms with E-state index in [0.717, 1.165) is 11.1 Å². The number of anilines is 1. The highest BCUT2D eigenvalue weighted by Gasteiger charge is 2.64. The van der Waals surface area contributed by atoms with Crippen molar-refractivity contribution in [1.82, 2.24) is 15.5 Å². The van der Waals surface area contributed by atoms with Crippen LogP contribution < -0.4 is 26.0 Å². The number of amides is 3. The molecule has 1 aromatic carbocycles. The number of likely N-dealkylation sites (N-methyl/N-ethyl adjacent to an activating group) is 1. The van der Waals surface area contributed by atoms with E-state index in [0.29, 0.717) is 50.1 Å². The number of ether oxygens (including phenoxy) is 5. The number of alkyl carbamates (subject to hydrolysis) is 1. The van der Waals surface area contributed by atoms with E-state index in [-0.39, 0.29) is 35.8 Å². The molecule has 0 aromatic heterocycles. The topological polar surface area (TPSA) is 283 Å². The number of methoxy groups -OCH3 is 2. The minimum absolute atomic E-state index is 0.00508. The molecular formula is C53H80ClN5O15S3. The third-order valence-corrected chi connectivity index (χ3v) is 19.5.